The maximum absolute atomic E-state index is 12.4. The first kappa shape index (κ1) is 19.2. The molecule has 0 bridgehead atoms. The summed E-state index contributed by atoms with van der Waals surface area (Å²) < 4.78 is 5.21. The number of anilines is 1. The molecule has 0 unspecified atom stereocenters. The predicted octanol–water partition coefficient (Wildman–Crippen LogP) is 3.23. The SMILES string of the molecule is COc1ccc(CN2CCC(CNC(=O)c3cc(N)ccc3C)CC2)cc1. The van der Waals surface area contributed by atoms with Crippen LogP contribution in [0.15, 0.2) is 42.5 Å². The average molecular weight is 367 g/mol. The molecule has 1 aliphatic heterocycles. The summed E-state index contributed by atoms with van der Waals surface area (Å²) in [5.41, 5.74) is 9.36. The van der Waals surface area contributed by atoms with Crippen molar-refractivity contribution in [2.75, 3.05) is 32.5 Å². The molecule has 0 aliphatic carbocycles. The molecule has 0 radical (unpaired) electrons. The summed E-state index contributed by atoms with van der Waals surface area (Å²) in [6.45, 7) is 5.74. The Balaban J connectivity index is 1.44. The summed E-state index contributed by atoms with van der Waals surface area (Å²) in [6, 6.07) is 13.7. The summed E-state index contributed by atoms with van der Waals surface area (Å²) in [4.78, 5) is 14.9. The van der Waals surface area contributed by atoms with E-state index in [1.807, 2.05) is 31.2 Å². The Morgan fingerprint density at radius 3 is 2.56 bits per heavy atom. The highest BCUT2D eigenvalue weighted by atomic mass is 16.5. The van der Waals surface area contributed by atoms with Crippen molar-refractivity contribution in [3.63, 3.8) is 0 Å². The number of carbonyl (C=O) groups excluding carboxylic acids is 1. The van der Waals surface area contributed by atoms with Crippen molar-refractivity contribution < 1.29 is 9.53 Å². The first-order chi connectivity index (χ1) is 13.0. The lowest BCUT2D eigenvalue weighted by Gasteiger charge is -2.32. The van der Waals surface area contributed by atoms with Crippen LogP contribution in [0.3, 0.4) is 0 Å². The lowest BCUT2D eigenvalue weighted by atomic mass is 9.96. The number of benzene rings is 2. The van der Waals surface area contributed by atoms with Crippen LogP contribution >= 0.6 is 0 Å². The lowest BCUT2D eigenvalue weighted by Crippen LogP contribution is -2.38. The van der Waals surface area contributed by atoms with Crippen LogP contribution in [0.4, 0.5) is 5.69 Å². The standard InChI is InChI=1S/C22H29N3O2/c1-16-3-6-19(23)13-21(16)22(26)24-14-17-9-11-25(12-10-17)15-18-4-7-20(27-2)8-5-18/h3-8,13,17H,9-12,14-15,23H2,1-2H3,(H,24,26). The van der Waals surface area contributed by atoms with Crippen LogP contribution in [-0.2, 0) is 6.54 Å². The van der Waals surface area contributed by atoms with Gasteiger partial charge in [0.05, 0.1) is 7.11 Å². The number of ether oxygens (including phenoxy) is 1. The molecule has 3 rings (SSSR count). The molecular formula is C22H29N3O2. The van der Waals surface area contributed by atoms with Crippen molar-refractivity contribution in [3.8, 4) is 5.75 Å². The van der Waals surface area contributed by atoms with Crippen LogP contribution in [0.25, 0.3) is 0 Å². The van der Waals surface area contributed by atoms with Gasteiger partial charge in [-0.2, -0.15) is 0 Å². The molecule has 5 nitrogen and oxygen atoms in total. The fraction of sp³-hybridized carbons (Fsp3) is 0.409. The van der Waals surface area contributed by atoms with E-state index in [0.717, 1.165) is 50.3 Å². The number of piperidine rings is 1. The van der Waals surface area contributed by atoms with E-state index >= 15 is 0 Å². The molecule has 1 fully saturated rings. The number of hydrogen-bond acceptors (Lipinski definition) is 4. The zero-order valence-electron chi connectivity index (χ0n) is 16.2. The van der Waals surface area contributed by atoms with Gasteiger partial charge in [0.2, 0.25) is 0 Å². The molecule has 1 amide bonds. The summed E-state index contributed by atoms with van der Waals surface area (Å²) in [6.07, 6.45) is 2.21. The van der Waals surface area contributed by atoms with Gasteiger partial charge >= 0.3 is 0 Å². The molecule has 0 spiro atoms. The maximum Gasteiger partial charge on any atom is 0.251 e. The Hall–Kier alpha value is -2.53. The van der Waals surface area contributed by atoms with Gasteiger partial charge in [-0.05, 0) is 74.2 Å². The van der Waals surface area contributed by atoms with Gasteiger partial charge in [-0.25, -0.2) is 0 Å². The minimum atomic E-state index is -0.0273. The molecule has 3 N–H and O–H groups in total. The summed E-state index contributed by atoms with van der Waals surface area (Å²) in [7, 11) is 1.69. The second-order valence-corrected chi connectivity index (χ2v) is 7.35. The predicted molar refractivity (Wildman–Crippen MR) is 109 cm³/mol. The van der Waals surface area contributed by atoms with Crippen LogP contribution in [0, 0.1) is 12.8 Å². The zero-order chi connectivity index (χ0) is 19.2. The Bertz CT molecular complexity index is 766. The minimum Gasteiger partial charge on any atom is -0.497 e. The molecule has 5 heteroatoms. The van der Waals surface area contributed by atoms with Crippen molar-refractivity contribution in [2.24, 2.45) is 5.92 Å². The van der Waals surface area contributed by atoms with E-state index in [9.17, 15) is 4.79 Å². The second kappa shape index (κ2) is 8.91. The highest BCUT2D eigenvalue weighted by Gasteiger charge is 2.20. The number of methoxy groups -OCH3 is 1. The van der Waals surface area contributed by atoms with E-state index in [4.69, 9.17) is 10.5 Å². The van der Waals surface area contributed by atoms with Crippen LogP contribution in [0.5, 0.6) is 5.75 Å². The van der Waals surface area contributed by atoms with Gasteiger partial charge in [0.15, 0.2) is 0 Å². The Morgan fingerprint density at radius 1 is 1.19 bits per heavy atom. The van der Waals surface area contributed by atoms with Gasteiger partial charge < -0.3 is 15.8 Å². The average Bonchev–Trinajstić information content (AvgIpc) is 2.69. The molecule has 1 saturated heterocycles. The van der Waals surface area contributed by atoms with Crippen LogP contribution in [0.1, 0.15) is 34.3 Å². The number of amides is 1. The third kappa shape index (κ3) is 5.23. The molecule has 2 aromatic carbocycles. The van der Waals surface area contributed by atoms with Gasteiger partial charge in [-0.15, -0.1) is 0 Å². The molecule has 0 atom stereocenters. The van der Waals surface area contributed by atoms with E-state index < -0.39 is 0 Å². The van der Waals surface area contributed by atoms with Crippen molar-refractivity contribution >= 4 is 11.6 Å². The Morgan fingerprint density at radius 2 is 1.89 bits per heavy atom. The number of rotatable bonds is 6. The first-order valence-corrected chi connectivity index (χ1v) is 9.55. The van der Waals surface area contributed by atoms with Gasteiger partial charge in [0.1, 0.15) is 5.75 Å². The third-order valence-corrected chi connectivity index (χ3v) is 5.33. The number of carbonyl (C=O) groups is 1. The lowest BCUT2D eigenvalue weighted by molar-refractivity contribution is 0.0934. The molecule has 1 aliphatic rings. The van der Waals surface area contributed by atoms with Crippen molar-refractivity contribution in [2.45, 2.75) is 26.3 Å². The normalized spacial score (nSPS) is 15.5. The summed E-state index contributed by atoms with van der Waals surface area (Å²) >= 11 is 0. The smallest absolute Gasteiger partial charge is 0.251 e. The number of nitrogens with two attached hydrogens (primary N) is 1. The summed E-state index contributed by atoms with van der Waals surface area (Å²) in [5.74, 6) is 1.39. The molecule has 144 valence electrons. The number of nitrogens with one attached hydrogen (secondary N) is 1. The van der Waals surface area contributed by atoms with Gasteiger partial charge in [-0.1, -0.05) is 18.2 Å². The van der Waals surface area contributed by atoms with Crippen LogP contribution < -0.4 is 15.8 Å². The maximum atomic E-state index is 12.4. The second-order valence-electron chi connectivity index (χ2n) is 7.35. The molecular weight excluding hydrogens is 338 g/mol. The third-order valence-electron chi connectivity index (χ3n) is 5.33. The summed E-state index contributed by atoms with van der Waals surface area (Å²) in [5, 5.41) is 3.09. The van der Waals surface area contributed by atoms with Crippen molar-refractivity contribution in [1.29, 1.82) is 0 Å². The molecule has 2 aromatic rings. The first-order valence-electron chi connectivity index (χ1n) is 9.55. The number of nitrogen functional groups attached to an aromatic ring is 1. The Labute approximate surface area is 161 Å². The highest BCUT2D eigenvalue weighted by Crippen LogP contribution is 2.20. The van der Waals surface area contributed by atoms with Crippen LogP contribution in [0.2, 0.25) is 0 Å². The molecule has 0 saturated carbocycles. The molecule has 1 heterocycles. The van der Waals surface area contributed by atoms with E-state index in [-0.39, 0.29) is 5.91 Å². The largest absolute Gasteiger partial charge is 0.497 e. The van der Waals surface area contributed by atoms with E-state index in [2.05, 4.69) is 22.3 Å². The zero-order valence-corrected chi connectivity index (χ0v) is 16.2. The minimum absolute atomic E-state index is 0.0273. The highest BCUT2D eigenvalue weighted by molar-refractivity contribution is 5.96. The quantitative estimate of drug-likeness (QED) is 0.769. The number of hydrogen-bond donors (Lipinski definition) is 2. The van der Waals surface area contributed by atoms with Gasteiger partial charge in [-0.3, -0.25) is 9.69 Å². The van der Waals surface area contributed by atoms with Crippen molar-refractivity contribution in [3.05, 3.63) is 59.2 Å². The van der Waals surface area contributed by atoms with Gasteiger partial charge in [0.25, 0.3) is 5.91 Å². The fourth-order valence-corrected chi connectivity index (χ4v) is 3.55. The Kier molecular flexibility index (Phi) is 6.35. The number of nitrogens with zero attached hydrogens (tertiary/aromatic N) is 1. The van der Waals surface area contributed by atoms with Crippen molar-refractivity contribution in [1.82, 2.24) is 10.2 Å². The van der Waals surface area contributed by atoms with E-state index in [0.29, 0.717) is 17.2 Å². The number of likely N-dealkylation sites (tertiary alicyclic amines) is 1. The van der Waals surface area contributed by atoms with Gasteiger partial charge in [0, 0.05) is 24.3 Å². The van der Waals surface area contributed by atoms with E-state index in [1.54, 1.807) is 13.2 Å². The van der Waals surface area contributed by atoms with Crippen LogP contribution in [-0.4, -0.2) is 37.6 Å². The fourth-order valence-electron chi connectivity index (χ4n) is 3.55. The molecule has 27 heavy (non-hydrogen) atoms. The van der Waals surface area contributed by atoms with E-state index in [1.165, 1.54) is 5.56 Å². The number of aryl methyl sites for hydroxylation is 1. The monoisotopic (exact) mass is 367 g/mol. The molecule has 0 aromatic heterocycles. The topological polar surface area (TPSA) is 67.6 Å².